The van der Waals surface area contributed by atoms with Crippen molar-refractivity contribution in [1.82, 2.24) is 0 Å². The van der Waals surface area contributed by atoms with E-state index >= 15 is 0 Å². The third-order valence-electron chi connectivity index (χ3n) is 15.2. The highest BCUT2D eigenvalue weighted by molar-refractivity contribution is 7.47. The Morgan fingerprint density at radius 2 is 0.581 bits per heavy atom. The molecule has 0 amide bonds. The fourth-order valence-corrected chi connectivity index (χ4v) is 11.1. The van der Waals surface area contributed by atoms with Gasteiger partial charge in [-0.25, -0.2) is 4.57 Å². The fraction of sp³-hybridized carbons (Fsp3) is 0.969. The Morgan fingerprint density at radius 3 is 0.824 bits per heavy atom. The molecule has 74 heavy (non-hydrogen) atoms. The van der Waals surface area contributed by atoms with Crippen molar-refractivity contribution >= 4 is 19.8 Å². The zero-order valence-corrected chi connectivity index (χ0v) is 50.5. The van der Waals surface area contributed by atoms with E-state index in [-0.39, 0.29) is 32.1 Å². The molecular weight excluding hydrogens is 942 g/mol. The number of carbonyl (C=O) groups excluding carboxylic acids is 2. The zero-order valence-electron chi connectivity index (χ0n) is 49.6. The van der Waals surface area contributed by atoms with E-state index in [2.05, 4.69) is 13.8 Å². The molecule has 0 aromatic heterocycles. The summed E-state index contributed by atoms with van der Waals surface area (Å²) in [6.45, 7) is 3.84. The topological polar surface area (TPSA) is 134 Å². The minimum absolute atomic E-state index is 0.0588. The summed E-state index contributed by atoms with van der Waals surface area (Å²) in [5.74, 6) is -0.798. The quantitative estimate of drug-likeness (QED) is 0.0347. The van der Waals surface area contributed by atoms with Crippen LogP contribution in [0.4, 0.5) is 0 Å². The molecule has 0 aliphatic heterocycles. The molecule has 3 N–H and O–H groups in total. The summed E-state index contributed by atoms with van der Waals surface area (Å²) in [6, 6.07) is 0. The maximum absolute atomic E-state index is 12.7. The summed E-state index contributed by atoms with van der Waals surface area (Å²) in [5, 5.41) is 0. The van der Waals surface area contributed by atoms with E-state index in [0.717, 1.165) is 32.1 Å². The first-order valence-corrected chi connectivity index (χ1v) is 34.5. The van der Waals surface area contributed by atoms with Crippen LogP contribution in [-0.2, 0) is 32.7 Å². The van der Waals surface area contributed by atoms with Crippen molar-refractivity contribution in [3.63, 3.8) is 0 Å². The fourth-order valence-electron chi connectivity index (χ4n) is 10.3. The monoisotopic (exact) mass is 1070 g/mol. The van der Waals surface area contributed by atoms with E-state index in [0.29, 0.717) is 12.8 Å². The lowest BCUT2D eigenvalue weighted by atomic mass is 10.0. The van der Waals surface area contributed by atoms with Gasteiger partial charge >= 0.3 is 19.8 Å². The Bertz CT molecular complexity index is 1170. The minimum Gasteiger partial charge on any atom is -0.462 e. The number of hydrogen-bond donors (Lipinski definition) is 2. The van der Waals surface area contributed by atoms with Crippen LogP contribution in [0.1, 0.15) is 367 Å². The average Bonchev–Trinajstić information content (AvgIpc) is 3.39. The first-order valence-electron chi connectivity index (χ1n) is 33.0. The van der Waals surface area contributed by atoms with Crippen LogP contribution >= 0.6 is 7.82 Å². The molecule has 2 atom stereocenters. The Labute approximate surface area is 460 Å². The number of ether oxygens (including phenoxy) is 2. The highest BCUT2D eigenvalue weighted by Crippen LogP contribution is 2.43. The summed E-state index contributed by atoms with van der Waals surface area (Å²) < 4.78 is 33.1. The molecule has 0 saturated heterocycles. The average molecular weight is 1070 g/mol. The number of phosphoric acid groups is 1. The zero-order chi connectivity index (χ0) is 53.8. The van der Waals surface area contributed by atoms with E-state index in [1.165, 1.54) is 302 Å². The van der Waals surface area contributed by atoms with Gasteiger partial charge in [-0.05, 0) is 12.8 Å². The molecule has 0 radical (unpaired) electrons. The predicted octanol–water partition coefficient (Wildman–Crippen LogP) is 21.0. The minimum atomic E-state index is -4.38. The van der Waals surface area contributed by atoms with Crippen molar-refractivity contribution in [3.8, 4) is 0 Å². The van der Waals surface area contributed by atoms with Gasteiger partial charge in [0.2, 0.25) is 0 Å². The van der Waals surface area contributed by atoms with Crippen LogP contribution < -0.4 is 5.73 Å². The Balaban J connectivity index is 3.83. The number of rotatable bonds is 64. The van der Waals surface area contributed by atoms with Crippen LogP contribution in [0.2, 0.25) is 0 Å². The maximum atomic E-state index is 12.7. The molecule has 9 nitrogen and oxygen atoms in total. The third-order valence-corrected chi connectivity index (χ3v) is 16.2. The second kappa shape index (κ2) is 61.2. The number of phosphoric ester groups is 1. The van der Waals surface area contributed by atoms with Crippen molar-refractivity contribution in [2.75, 3.05) is 26.4 Å². The number of esters is 2. The molecule has 0 spiro atoms. The van der Waals surface area contributed by atoms with Crippen LogP contribution in [0, 0.1) is 0 Å². The maximum Gasteiger partial charge on any atom is 0.472 e. The lowest BCUT2D eigenvalue weighted by Gasteiger charge is -2.19. The van der Waals surface area contributed by atoms with Gasteiger partial charge in [-0.1, -0.05) is 341 Å². The lowest BCUT2D eigenvalue weighted by molar-refractivity contribution is -0.161. The molecule has 0 aromatic carbocycles. The van der Waals surface area contributed by atoms with Crippen LogP contribution in [-0.4, -0.2) is 49.3 Å². The molecule has 0 saturated carbocycles. The molecule has 442 valence electrons. The van der Waals surface area contributed by atoms with Crippen molar-refractivity contribution < 1.29 is 37.6 Å². The van der Waals surface area contributed by atoms with E-state index in [9.17, 15) is 19.0 Å². The summed E-state index contributed by atoms with van der Waals surface area (Å²) in [5.41, 5.74) is 5.40. The molecule has 0 aliphatic carbocycles. The Kier molecular flexibility index (Phi) is 60.4. The number of hydrogen-bond acceptors (Lipinski definition) is 8. The second-order valence-corrected chi connectivity index (χ2v) is 24.2. The van der Waals surface area contributed by atoms with E-state index < -0.39 is 26.5 Å². The van der Waals surface area contributed by atoms with Crippen molar-refractivity contribution in [2.45, 2.75) is 373 Å². The van der Waals surface area contributed by atoms with Gasteiger partial charge in [-0.3, -0.25) is 18.6 Å². The predicted molar refractivity (Wildman–Crippen MR) is 317 cm³/mol. The highest BCUT2D eigenvalue weighted by atomic mass is 31.2. The largest absolute Gasteiger partial charge is 0.472 e. The van der Waals surface area contributed by atoms with E-state index in [4.69, 9.17) is 24.3 Å². The number of nitrogens with two attached hydrogens (primary N) is 1. The first-order chi connectivity index (χ1) is 36.3. The van der Waals surface area contributed by atoms with Gasteiger partial charge in [0, 0.05) is 19.4 Å². The number of carbonyl (C=O) groups is 2. The van der Waals surface area contributed by atoms with Crippen molar-refractivity contribution in [1.29, 1.82) is 0 Å². The Morgan fingerprint density at radius 1 is 0.351 bits per heavy atom. The molecule has 2 unspecified atom stereocenters. The van der Waals surface area contributed by atoms with E-state index in [1.54, 1.807) is 0 Å². The first kappa shape index (κ1) is 73.0. The van der Waals surface area contributed by atoms with E-state index in [1.807, 2.05) is 0 Å². The van der Waals surface area contributed by atoms with Crippen molar-refractivity contribution in [2.24, 2.45) is 5.73 Å². The summed E-state index contributed by atoms with van der Waals surface area (Å²) >= 11 is 0. The second-order valence-electron chi connectivity index (χ2n) is 22.7. The van der Waals surface area contributed by atoms with Crippen LogP contribution in [0.5, 0.6) is 0 Å². The standard InChI is InChI=1S/C64H128NO8P/c1-3-5-7-9-11-13-15-17-19-21-23-25-27-29-30-31-32-33-35-37-39-41-43-45-47-49-51-53-55-57-64(67)73-62(61-72-74(68,69)71-59-58-65)60-70-63(66)56-54-52-50-48-46-44-42-40-38-36-34-28-26-24-22-20-18-16-14-12-10-8-6-4-2/h62H,3-61,65H2,1-2H3,(H,68,69). The molecule has 0 heterocycles. The molecule has 0 fully saturated rings. The van der Waals surface area contributed by atoms with Gasteiger partial charge in [0.25, 0.3) is 0 Å². The Hall–Kier alpha value is -0.990. The molecule has 0 aromatic rings. The summed E-state index contributed by atoms with van der Waals surface area (Å²) in [6.07, 6.45) is 70.5. The van der Waals surface area contributed by atoms with Crippen LogP contribution in [0.3, 0.4) is 0 Å². The normalized spacial score (nSPS) is 12.9. The highest BCUT2D eigenvalue weighted by Gasteiger charge is 2.26. The molecule has 0 aliphatic rings. The molecule has 0 rings (SSSR count). The molecular formula is C64H128NO8P. The van der Waals surface area contributed by atoms with Gasteiger partial charge in [-0.2, -0.15) is 0 Å². The van der Waals surface area contributed by atoms with Crippen LogP contribution in [0.15, 0.2) is 0 Å². The van der Waals surface area contributed by atoms with Gasteiger partial charge < -0.3 is 20.1 Å². The van der Waals surface area contributed by atoms with Crippen LogP contribution in [0.25, 0.3) is 0 Å². The lowest BCUT2D eigenvalue weighted by Crippen LogP contribution is -2.29. The smallest absolute Gasteiger partial charge is 0.462 e. The van der Waals surface area contributed by atoms with Gasteiger partial charge in [0.1, 0.15) is 6.61 Å². The van der Waals surface area contributed by atoms with Gasteiger partial charge in [0.15, 0.2) is 6.10 Å². The third kappa shape index (κ3) is 60.2. The van der Waals surface area contributed by atoms with Crippen molar-refractivity contribution in [3.05, 3.63) is 0 Å². The molecule has 0 bridgehead atoms. The van der Waals surface area contributed by atoms with Gasteiger partial charge in [-0.15, -0.1) is 0 Å². The van der Waals surface area contributed by atoms with Gasteiger partial charge in [0.05, 0.1) is 13.2 Å². The molecule has 10 heteroatoms. The SMILES string of the molecule is CCCCCCCCCCCCCCCCCCCCCCCCCCCCCCCC(=O)OC(COC(=O)CCCCCCCCCCCCCCCCCCCCCCCCCC)COP(=O)(O)OCCN. The summed E-state index contributed by atoms with van der Waals surface area (Å²) in [7, 11) is -4.38. The summed E-state index contributed by atoms with van der Waals surface area (Å²) in [4.78, 5) is 35.3. The number of unbranched alkanes of at least 4 members (excludes halogenated alkanes) is 51.